The van der Waals surface area contributed by atoms with Gasteiger partial charge in [0.25, 0.3) is 5.91 Å². The Labute approximate surface area is 124 Å². The summed E-state index contributed by atoms with van der Waals surface area (Å²) < 4.78 is 0. The highest BCUT2D eigenvalue weighted by Crippen LogP contribution is 2.35. The van der Waals surface area contributed by atoms with E-state index in [9.17, 15) is 14.4 Å². The Morgan fingerprint density at radius 1 is 1.14 bits per heavy atom. The molecule has 2 aromatic rings. The minimum Gasteiger partial charge on any atom is -0.366 e. The summed E-state index contributed by atoms with van der Waals surface area (Å²) in [5.41, 5.74) is 11.8. The van der Waals surface area contributed by atoms with Crippen molar-refractivity contribution in [2.45, 2.75) is 6.92 Å². The molecule has 21 heavy (non-hydrogen) atoms. The van der Waals surface area contributed by atoms with Crippen LogP contribution in [0.2, 0.25) is 0 Å². The Balaban J connectivity index is 2.49. The van der Waals surface area contributed by atoms with Crippen molar-refractivity contribution >= 4 is 34.1 Å². The number of ketones is 1. The van der Waals surface area contributed by atoms with E-state index in [4.69, 9.17) is 11.5 Å². The van der Waals surface area contributed by atoms with Crippen molar-refractivity contribution in [3.05, 3.63) is 41.5 Å². The molecule has 0 aliphatic rings. The lowest BCUT2D eigenvalue weighted by atomic mass is 10.1. The summed E-state index contributed by atoms with van der Waals surface area (Å²) in [7, 11) is 0. The van der Waals surface area contributed by atoms with Crippen LogP contribution in [-0.4, -0.2) is 17.7 Å². The number of benzene rings is 1. The molecule has 0 bridgehead atoms. The Morgan fingerprint density at radius 3 is 2.43 bits per heavy atom. The van der Waals surface area contributed by atoms with E-state index in [1.54, 1.807) is 30.3 Å². The number of carbonyl (C=O) groups excluding carboxylic acids is 3. The molecule has 1 aromatic heterocycles. The van der Waals surface area contributed by atoms with Crippen LogP contribution in [0.3, 0.4) is 0 Å². The van der Waals surface area contributed by atoms with Crippen LogP contribution in [0.15, 0.2) is 30.3 Å². The number of urea groups is 1. The largest absolute Gasteiger partial charge is 0.366 e. The van der Waals surface area contributed by atoms with E-state index in [0.29, 0.717) is 15.4 Å². The van der Waals surface area contributed by atoms with Gasteiger partial charge in [-0.15, -0.1) is 11.3 Å². The first-order chi connectivity index (χ1) is 9.88. The number of anilines is 1. The van der Waals surface area contributed by atoms with Crippen LogP contribution in [0, 0.1) is 0 Å². The van der Waals surface area contributed by atoms with E-state index < -0.39 is 11.9 Å². The fraction of sp³-hybridized carbons (Fsp3) is 0.0714. The minimum absolute atomic E-state index is 0.0565. The van der Waals surface area contributed by atoms with Crippen LogP contribution in [0.5, 0.6) is 0 Å². The number of hydrogen-bond donors (Lipinski definition) is 3. The summed E-state index contributed by atoms with van der Waals surface area (Å²) in [6.07, 6.45) is 0. The lowest BCUT2D eigenvalue weighted by molar-refractivity contribution is 0.0997. The van der Waals surface area contributed by atoms with Crippen LogP contribution in [0.4, 0.5) is 9.80 Å². The molecule has 3 amide bonds. The molecule has 0 aliphatic heterocycles. The van der Waals surface area contributed by atoms with E-state index in [1.807, 2.05) is 0 Å². The van der Waals surface area contributed by atoms with Gasteiger partial charge in [-0.2, -0.15) is 0 Å². The van der Waals surface area contributed by atoms with E-state index >= 15 is 0 Å². The topological polar surface area (TPSA) is 115 Å². The molecule has 0 radical (unpaired) electrons. The van der Waals surface area contributed by atoms with Gasteiger partial charge in [-0.25, -0.2) is 4.79 Å². The van der Waals surface area contributed by atoms with Gasteiger partial charge in [0.05, 0.1) is 5.56 Å². The monoisotopic (exact) mass is 303 g/mol. The minimum atomic E-state index is -0.775. The average molecular weight is 303 g/mol. The molecule has 7 heteroatoms. The third kappa shape index (κ3) is 3.26. The Hall–Kier alpha value is -2.67. The van der Waals surface area contributed by atoms with Crippen LogP contribution in [0.1, 0.15) is 27.6 Å². The zero-order chi connectivity index (χ0) is 15.6. The molecular formula is C14H13N3O3S. The summed E-state index contributed by atoms with van der Waals surface area (Å²) in [6, 6.07) is 7.76. The van der Waals surface area contributed by atoms with Crippen LogP contribution in [0.25, 0.3) is 10.4 Å². The molecule has 0 saturated heterocycles. The number of hydrogen-bond acceptors (Lipinski definition) is 4. The predicted molar refractivity (Wildman–Crippen MR) is 81.5 cm³/mol. The number of nitrogens with one attached hydrogen (secondary N) is 1. The molecule has 0 saturated carbocycles. The van der Waals surface area contributed by atoms with Crippen LogP contribution >= 0.6 is 11.3 Å². The van der Waals surface area contributed by atoms with Gasteiger partial charge in [0.2, 0.25) is 0 Å². The molecule has 108 valence electrons. The van der Waals surface area contributed by atoms with Gasteiger partial charge >= 0.3 is 6.03 Å². The normalized spacial score (nSPS) is 10.1. The summed E-state index contributed by atoms with van der Waals surface area (Å²) in [5.74, 6) is -0.719. The summed E-state index contributed by atoms with van der Waals surface area (Å²) >= 11 is 1.17. The maximum atomic E-state index is 11.4. The fourth-order valence-corrected chi connectivity index (χ4v) is 2.88. The highest BCUT2D eigenvalue weighted by Gasteiger charge is 2.16. The van der Waals surface area contributed by atoms with Gasteiger partial charge in [-0.05, 0) is 24.6 Å². The molecule has 0 aliphatic carbocycles. The number of thiophene rings is 1. The SMILES string of the molecule is CC(=O)c1cccc(-c2cc(C(N)=O)c(NC(N)=O)s2)c1. The van der Waals surface area contributed by atoms with Crippen LogP contribution < -0.4 is 16.8 Å². The number of Topliss-reactive ketones (excluding diaryl/α,β-unsaturated/α-hetero) is 1. The van der Waals surface area contributed by atoms with Crippen molar-refractivity contribution in [2.24, 2.45) is 11.5 Å². The first-order valence-corrected chi connectivity index (χ1v) is 6.81. The molecule has 1 aromatic carbocycles. The molecule has 0 atom stereocenters. The number of nitrogens with two attached hydrogens (primary N) is 2. The lowest BCUT2D eigenvalue weighted by Gasteiger charge is -2.00. The summed E-state index contributed by atoms with van der Waals surface area (Å²) in [6.45, 7) is 1.47. The van der Waals surface area contributed by atoms with E-state index in [0.717, 1.165) is 5.56 Å². The van der Waals surface area contributed by atoms with Crippen molar-refractivity contribution in [1.29, 1.82) is 0 Å². The molecule has 0 spiro atoms. The molecule has 2 rings (SSSR count). The first kappa shape index (κ1) is 14.7. The van der Waals surface area contributed by atoms with E-state index in [-0.39, 0.29) is 11.3 Å². The standard InChI is InChI=1S/C14H13N3O3S/c1-7(18)8-3-2-4-9(5-8)11-6-10(12(15)19)13(21-11)17-14(16)20/h2-6H,1H3,(H2,15,19)(H3,16,17,20). The molecule has 6 nitrogen and oxygen atoms in total. The molecule has 1 heterocycles. The van der Waals surface area contributed by atoms with Crippen molar-refractivity contribution in [3.63, 3.8) is 0 Å². The molecule has 5 N–H and O–H groups in total. The van der Waals surface area contributed by atoms with Crippen molar-refractivity contribution in [2.75, 3.05) is 5.32 Å². The summed E-state index contributed by atoms with van der Waals surface area (Å²) in [5, 5.41) is 2.66. The third-order valence-electron chi connectivity index (χ3n) is 2.79. The van der Waals surface area contributed by atoms with Gasteiger partial charge in [-0.1, -0.05) is 18.2 Å². The predicted octanol–water partition coefficient (Wildman–Crippen LogP) is 2.21. The van der Waals surface area contributed by atoms with Gasteiger partial charge < -0.3 is 11.5 Å². The second kappa shape index (κ2) is 5.76. The highest BCUT2D eigenvalue weighted by atomic mass is 32.1. The Morgan fingerprint density at radius 2 is 1.86 bits per heavy atom. The molecule has 0 unspecified atom stereocenters. The number of primary amides is 2. The highest BCUT2D eigenvalue weighted by molar-refractivity contribution is 7.20. The zero-order valence-corrected chi connectivity index (χ0v) is 12.0. The number of amides is 3. The second-order valence-corrected chi connectivity index (χ2v) is 5.40. The van der Waals surface area contributed by atoms with E-state index in [1.165, 1.54) is 18.3 Å². The quantitative estimate of drug-likeness (QED) is 0.752. The fourth-order valence-electron chi connectivity index (χ4n) is 1.81. The van der Waals surface area contributed by atoms with Gasteiger partial charge in [-0.3, -0.25) is 14.9 Å². The molecular weight excluding hydrogens is 290 g/mol. The van der Waals surface area contributed by atoms with E-state index in [2.05, 4.69) is 5.32 Å². The van der Waals surface area contributed by atoms with Gasteiger partial charge in [0, 0.05) is 10.4 Å². The maximum absolute atomic E-state index is 11.4. The Kier molecular flexibility index (Phi) is 4.04. The van der Waals surface area contributed by atoms with Crippen LogP contribution in [-0.2, 0) is 0 Å². The lowest BCUT2D eigenvalue weighted by Crippen LogP contribution is -2.21. The summed E-state index contributed by atoms with van der Waals surface area (Å²) in [4.78, 5) is 34.5. The molecule has 0 fully saturated rings. The maximum Gasteiger partial charge on any atom is 0.317 e. The van der Waals surface area contributed by atoms with Gasteiger partial charge in [0.1, 0.15) is 5.00 Å². The van der Waals surface area contributed by atoms with Crippen molar-refractivity contribution in [1.82, 2.24) is 0 Å². The smallest absolute Gasteiger partial charge is 0.317 e. The number of carbonyl (C=O) groups is 3. The van der Waals surface area contributed by atoms with Gasteiger partial charge in [0.15, 0.2) is 5.78 Å². The zero-order valence-electron chi connectivity index (χ0n) is 11.2. The third-order valence-corrected chi connectivity index (χ3v) is 3.89. The second-order valence-electron chi connectivity index (χ2n) is 4.34. The van der Waals surface area contributed by atoms with Crippen molar-refractivity contribution in [3.8, 4) is 10.4 Å². The average Bonchev–Trinajstić information content (AvgIpc) is 2.82. The number of rotatable bonds is 4. The van der Waals surface area contributed by atoms with Crippen molar-refractivity contribution < 1.29 is 14.4 Å². The first-order valence-electron chi connectivity index (χ1n) is 6.00. The Bertz CT molecular complexity index is 737.